The van der Waals surface area contributed by atoms with Crippen molar-refractivity contribution in [3.8, 4) is 16.9 Å². The molecule has 46 heavy (non-hydrogen) atoms. The molecule has 0 spiro atoms. The summed E-state index contributed by atoms with van der Waals surface area (Å²) in [6.45, 7) is 3.00. The molecule has 0 bridgehead atoms. The van der Waals surface area contributed by atoms with E-state index in [4.69, 9.17) is 14.5 Å². The maximum absolute atomic E-state index is 13.6. The molecule has 4 aromatic rings. The van der Waals surface area contributed by atoms with Gasteiger partial charge in [-0.3, -0.25) is 4.90 Å². The standard InChI is InChI=1S/C32H29F6N5O3/c1-18-29(20-14-21(31(33,34)35)16-22(15-20)32(36,37)38)46-30(44)43(18)17-25-23(5-7-28(41-25)42-10-3-11-42)24-12-19(4-6-26(24)45-2)13-27-39-8-9-40-27/h4-9,12,14-16,18,29H,3,10-11,13,17H2,1-2H3,(H,39,40). The van der Waals surface area contributed by atoms with E-state index in [2.05, 4.69) is 14.9 Å². The van der Waals surface area contributed by atoms with Gasteiger partial charge in [0.2, 0.25) is 0 Å². The zero-order valence-electron chi connectivity index (χ0n) is 24.7. The number of anilines is 1. The number of pyridine rings is 1. The predicted molar refractivity (Wildman–Crippen MR) is 155 cm³/mol. The largest absolute Gasteiger partial charge is 0.496 e. The minimum atomic E-state index is -5.04. The Labute approximate surface area is 260 Å². The SMILES string of the molecule is COc1ccc(Cc2ncc[nH]2)cc1-c1ccc(N2CCC2)nc1CN1C(=O)OC(c2cc(C(F)(F)F)cc(C(F)(F)F)c2)C1C. The number of benzene rings is 2. The van der Waals surface area contributed by atoms with Crippen LogP contribution in [0, 0.1) is 0 Å². The molecule has 0 saturated carbocycles. The van der Waals surface area contributed by atoms with Crippen molar-refractivity contribution in [1.82, 2.24) is 19.9 Å². The minimum absolute atomic E-state index is 0.0492. The molecule has 2 unspecified atom stereocenters. The number of methoxy groups -OCH3 is 1. The molecular weight excluding hydrogens is 616 g/mol. The second-order valence-electron chi connectivity index (χ2n) is 11.3. The second kappa shape index (κ2) is 11.9. The number of cyclic esters (lactones) is 1. The Bertz CT molecular complexity index is 1710. The molecule has 2 fully saturated rings. The smallest absolute Gasteiger partial charge is 0.416 e. The lowest BCUT2D eigenvalue weighted by atomic mass is 9.96. The number of ether oxygens (including phenoxy) is 2. The minimum Gasteiger partial charge on any atom is -0.496 e. The van der Waals surface area contributed by atoms with Crippen LogP contribution >= 0.6 is 0 Å². The van der Waals surface area contributed by atoms with Crippen LogP contribution in [-0.2, 0) is 30.1 Å². The molecule has 2 saturated heterocycles. The molecule has 0 radical (unpaired) electrons. The van der Waals surface area contributed by atoms with E-state index in [0.717, 1.165) is 30.9 Å². The number of amides is 1. The van der Waals surface area contributed by atoms with E-state index in [1.807, 2.05) is 30.3 Å². The second-order valence-corrected chi connectivity index (χ2v) is 11.3. The molecule has 14 heteroatoms. The van der Waals surface area contributed by atoms with Gasteiger partial charge in [0.1, 0.15) is 23.5 Å². The van der Waals surface area contributed by atoms with E-state index in [1.165, 1.54) is 18.9 Å². The zero-order valence-corrected chi connectivity index (χ0v) is 24.7. The highest BCUT2D eigenvalue weighted by Gasteiger charge is 2.43. The van der Waals surface area contributed by atoms with Crippen molar-refractivity contribution in [2.75, 3.05) is 25.1 Å². The van der Waals surface area contributed by atoms with Gasteiger partial charge < -0.3 is 19.4 Å². The Morgan fingerprint density at radius 1 is 0.978 bits per heavy atom. The normalized spacial score (nSPS) is 18.5. The molecule has 6 rings (SSSR count). The monoisotopic (exact) mass is 645 g/mol. The summed E-state index contributed by atoms with van der Waals surface area (Å²) in [7, 11) is 1.53. The van der Waals surface area contributed by atoms with E-state index in [0.29, 0.717) is 46.9 Å². The maximum atomic E-state index is 13.6. The van der Waals surface area contributed by atoms with Gasteiger partial charge in [-0.1, -0.05) is 6.07 Å². The molecule has 2 aromatic heterocycles. The van der Waals surface area contributed by atoms with Crippen molar-refractivity contribution >= 4 is 11.9 Å². The van der Waals surface area contributed by atoms with Crippen LogP contribution in [0.4, 0.5) is 37.0 Å². The third-order valence-corrected chi connectivity index (χ3v) is 8.27. The fourth-order valence-electron chi connectivity index (χ4n) is 5.70. The van der Waals surface area contributed by atoms with Crippen molar-refractivity contribution in [3.63, 3.8) is 0 Å². The maximum Gasteiger partial charge on any atom is 0.416 e. The number of hydrogen-bond acceptors (Lipinski definition) is 6. The number of H-pyrrole nitrogens is 1. The van der Waals surface area contributed by atoms with Crippen LogP contribution in [0.15, 0.2) is 60.9 Å². The Morgan fingerprint density at radius 2 is 1.70 bits per heavy atom. The summed E-state index contributed by atoms with van der Waals surface area (Å²) in [5.41, 5.74) is -0.651. The van der Waals surface area contributed by atoms with Crippen LogP contribution in [0.5, 0.6) is 5.75 Å². The number of nitrogens with zero attached hydrogens (tertiary/aromatic N) is 4. The Morgan fingerprint density at radius 3 is 2.28 bits per heavy atom. The molecule has 1 N–H and O–H groups in total. The van der Waals surface area contributed by atoms with Gasteiger partial charge in [0, 0.05) is 43.0 Å². The molecule has 0 aliphatic carbocycles. The summed E-state index contributed by atoms with van der Waals surface area (Å²) in [4.78, 5) is 28.8. The molecule has 2 aromatic carbocycles. The van der Waals surface area contributed by atoms with E-state index in [1.54, 1.807) is 12.4 Å². The molecule has 2 aliphatic rings. The summed E-state index contributed by atoms with van der Waals surface area (Å²) >= 11 is 0. The first-order chi connectivity index (χ1) is 21.8. The average Bonchev–Trinajstić information content (AvgIpc) is 3.59. The molecule has 1 amide bonds. The van der Waals surface area contributed by atoms with Crippen molar-refractivity contribution in [3.05, 3.63) is 94.7 Å². The Hall–Kier alpha value is -4.75. The van der Waals surface area contributed by atoms with E-state index in [-0.39, 0.29) is 12.6 Å². The van der Waals surface area contributed by atoms with Gasteiger partial charge in [0.15, 0.2) is 0 Å². The van der Waals surface area contributed by atoms with Crippen molar-refractivity contribution in [1.29, 1.82) is 0 Å². The van der Waals surface area contributed by atoms with Crippen molar-refractivity contribution < 1.29 is 40.6 Å². The average molecular weight is 646 g/mol. The summed E-state index contributed by atoms with van der Waals surface area (Å²) < 4.78 is 92.6. The first-order valence-corrected chi connectivity index (χ1v) is 14.5. The van der Waals surface area contributed by atoms with E-state index < -0.39 is 47.3 Å². The van der Waals surface area contributed by atoms with Gasteiger partial charge in [-0.2, -0.15) is 26.3 Å². The van der Waals surface area contributed by atoms with Gasteiger partial charge >= 0.3 is 18.4 Å². The summed E-state index contributed by atoms with van der Waals surface area (Å²) in [5.74, 6) is 1.98. The van der Waals surface area contributed by atoms with E-state index >= 15 is 0 Å². The fraction of sp³-hybridized carbons (Fsp3) is 0.344. The van der Waals surface area contributed by atoms with Crippen LogP contribution in [0.1, 0.15) is 53.2 Å². The fourth-order valence-corrected chi connectivity index (χ4v) is 5.70. The molecule has 2 atom stereocenters. The highest BCUT2D eigenvalue weighted by molar-refractivity contribution is 5.76. The number of carbonyl (C=O) groups is 1. The third kappa shape index (κ3) is 6.20. The number of hydrogen-bond donors (Lipinski definition) is 1. The predicted octanol–water partition coefficient (Wildman–Crippen LogP) is 7.40. The molecule has 4 heterocycles. The van der Waals surface area contributed by atoms with Crippen molar-refractivity contribution in [2.45, 2.75) is 50.8 Å². The lowest BCUT2D eigenvalue weighted by Gasteiger charge is -2.33. The van der Waals surface area contributed by atoms with Crippen LogP contribution in [0.2, 0.25) is 0 Å². The number of alkyl halides is 6. The summed E-state index contributed by atoms with van der Waals surface area (Å²) in [6.07, 6.45) is -7.47. The van der Waals surface area contributed by atoms with Crippen LogP contribution in [0.3, 0.4) is 0 Å². The lowest BCUT2D eigenvalue weighted by Crippen LogP contribution is -2.38. The van der Waals surface area contributed by atoms with Crippen LogP contribution < -0.4 is 9.64 Å². The summed E-state index contributed by atoms with van der Waals surface area (Å²) in [6, 6.07) is 9.70. The van der Waals surface area contributed by atoms with Gasteiger partial charge in [-0.25, -0.2) is 14.8 Å². The molecule has 8 nitrogen and oxygen atoms in total. The van der Waals surface area contributed by atoms with Gasteiger partial charge in [-0.05, 0) is 66.9 Å². The first kappa shape index (κ1) is 31.2. The Balaban J connectivity index is 1.37. The van der Waals surface area contributed by atoms with E-state index in [9.17, 15) is 31.1 Å². The zero-order chi connectivity index (χ0) is 32.8. The quantitative estimate of drug-likeness (QED) is 0.201. The van der Waals surface area contributed by atoms with Crippen molar-refractivity contribution in [2.24, 2.45) is 0 Å². The van der Waals surface area contributed by atoms with Crippen LogP contribution in [-0.4, -0.2) is 52.2 Å². The number of carbonyl (C=O) groups excluding carboxylic acids is 1. The molecule has 2 aliphatic heterocycles. The lowest BCUT2D eigenvalue weighted by molar-refractivity contribution is -0.143. The number of imidazole rings is 1. The van der Waals surface area contributed by atoms with Crippen LogP contribution in [0.25, 0.3) is 11.1 Å². The topological polar surface area (TPSA) is 83.6 Å². The third-order valence-electron chi connectivity index (χ3n) is 8.27. The number of aromatic amines is 1. The van der Waals surface area contributed by atoms with Gasteiger partial charge in [0.25, 0.3) is 0 Å². The first-order valence-electron chi connectivity index (χ1n) is 14.5. The highest BCUT2D eigenvalue weighted by Crippen LogP contribution is 2.42. The number of aromatic nitrogens is 3. The number of rotatable bonds is 8. The Kier molecular flexibility index (Phi) is 8.07. The molecular formula is C32H29F6N5O3. The molecule has 242 valence electrons. The number of nitrogens with one attached hydrogen (secondary N) is 1. The van der Waals surface area contributed by atoms with Gasteiger partial charge in [-0.15, -0.1) is 0 Å². The highest BCUT2D eigenvalue weighted by atomic mass is 19.4. The summed E-state index contributed by atoms with van der Waals surface area (Å²) in [5, 5.41) is 0. The number of halogens is 6. The van der Waals surface area contributed by atoms with Gasteiger partial charge in [0.05, 0.1) is 36.5 Å².